The topological polar surface area (TPSA) is 38.7 Å². The van der Waals surface area contributed by atoms with Crippen LogP contribution in [0.15, 0.2) is 18.2 Å². The number of hydrogen-bond acceptors (Lipinski definition) is 3. The van der Waals surface area contributed by atoms with Crippen molar-refractivity contribution >= 4 is 23.2 Å². The largest absolute Gasteiger partial charge is 0.383 e. The van der Waals surface area contributed by atoms with E-state index >= 15 is 0 Å². The zero-order valence-corrected chi connectivity index (χ0v) is 11.3. The number of aliphatic hydroxyl groups is 1. The Morgan fingerprint density at radius 1 is 1.18 bits per heavy atom. The SMILES string of the molecule is CCOC(OCC)C(O)c1cc(Cl)ccc1Cl. The van der Waals surface area contributed by atoms with Crippen molar-refractivity contribution in [2.24, 2.45) is 0 Å². The van der Waals surface area contributed by atoms with Crippen LogP contribution in [-0.4, -0.2) is 24.6 Å². The van der Waals surface area contributed by atoms with Gasteiger partial charge >= 0.3 is 0 Å². The smallest absolute Gasteiger partial charge is 0.187 e. The van der Waals surface area contributed by atoms with Gasteiger partial charge < -0.3 is 14.6 Å². The third-order valence-corrected chi connectivity index (χ3v) is 2.78. The first kappa shape index (κ1) is 14.7. The maximum absolute atomic E-state index is 10.2. The van der Waals surface area contributed by atoms with Gasteiger partial charge in [0.1, 0.15) is 6.10 Å². The summed E-state index contributed by atoms with van der Waals surface area (Å²) in [6.45, 7) is 4.55. The van der Waals surface area contributed by atoms with Gasteiger partial charge in [0.25, 0.3) is 0 Å². The minimum absolute atomic E-state index is 0.436. The van der Waals surface area contributed by atoms with Crippen LogP contribution in [0.4, 0.5) is 0 Å². The molecule has 1 atom stereocenters. The van der Waals surface area contributed by atoms with Gasteiger partial charge in [0.15, 0.2) is 6.29 Å². The molecule has 0 heterocycles. The van der Waals surface area contributed by atoms with Crippen molar-refractivity contribution in [3.63, 3.8) is 0 Å². The third kappa shape index (κ3) is 4.12. The first-order valence-corrected chi connectivity index (χ1v) is 6.22. The summed E-state index contributed by atoms with van der Waals surface area (Å²) in [5.41, 5.74) is 0.506. The van der Waals surface area contributed by atoms with Gasteiger partial charge in [-0.05, 0) is 32.0 Å². The third-order valence-electron chi connectivity index (χ3n) is 2.20. The molecular weight excluding hydrogens is 263 g/mol. The number of aliphatic hydroxyl groups excluding tert-OH is 1. The fourth-order valence-corrected chi connectivity index (χ4v) is 1.86. The second-order valence-corrected chi connectivity index (χ2v) is 4.23. The maximum Gasteiger partial charge on any atom is 0.187 e. The van der Waals surface area contributed by atoms with E-state index in [0.29, 0.717) is 28.8 Å². The van der Waals surface area contributed by atoms with Crippen LogP contribution in [0.3, 0.4) is 0 Å². The quantitative estimate of drug-likeness (QED) is 0.811. The molecule has 1 unspecified atom stereocenters. The van der Waals surface area contributed by atoms with Crippen molar-refractivity contribution < 1.29 is 14.6 Å². The molecule has 3 nitrogen and oxygen atoms in total. The zero-order valence-electron chi connectivity index (χ0n) is 9.82. The molecule has 0 aliphatic carbocycles. The van der Waals surface area contributed by atoms with Crippen LogP contribution in [0.5, 0.6) is 0 Å². The average Bonchev–Trinajstić information content (AvgIpc) is 2.31. The summed E-state index contributed by atoms with van der Waals surface area (Å²) < 4.78 is 10.6. The molecule has 0 fully saturated rings. The van der Waals surface area contributed by atoms with Crippen LogP contribution in [0, 0.1) is 0 Å². The number of hydrogen-bond donors (Lipinski definition) is 1. The standard InChI is InChI=1S/C12H16Cl2O3/c1-3-16-12(17-4-2)11(15)9-7-8(13)5-6-10(9)14/h5-7,11-12,15H,3-4H2,1-2H3. The summed E-state index contributed by atoms with van der Waals surface area (Å²) in [5, 5.41) is 11.1. The van der Waals surface area contributed by atoms with E-state index in [1.165, 1.54) is 0 Å². The van der Waals surface area contributed by atoms with Crippen LogP contribution < -0.4 is 0 Å². The van der Waals surface area contributed by atoms with Crippen LogP contribution in [0.25, 0.3) is 0 Å². The molecule has 0 radical (unpaired) electrons. The Balaban J connectivity index is 2.91. The maximum atomic E-state index is 10.2. The Bertz CT molecular complexity index is 352. The molecule has 0 bridgehead atoms. The van der Waals surface area contributed by atoms with Crippen LogP contribution >= 0.6 is 23.2 Å². The van der Waals surface area contributed by atoms with Gasteiger partial charge in [0.05, 0.1) is 0 Å². The van der Waals surface area contributed by atoms with Crippen molar-refractivity contribution in [2.45, 2.75) is 26.2 Å². The van der Waals surface area contributed by atoms with Gasteiger partial charge in [0, 0.05) is 28.8 Å². The lowest BCUT2D eigenvalue weighted by Crippen LogP contribution is -2.26. The molecule has 17 heavy (non-hydrogen) atoms. The van der Waals surface area contributed by atoms with Gasteiger partial charge in [-0.1, -0.05) is 23.2 Å². The molecule has 96 valence electrons. The Kier molecular flexibility index (Phi) is 6.23. The van der Waals surface area contributed by atoms with E-state index in [0.717, 1.165) is 0 Å². The molecule has 0 saturated carbocycles. The molecule has 0 saturated heterocycles. The van der Waals surface area contributed by atoms with Gasteiger partial charge in [0.2, 0.25) is 0 Å². The van der Waals surface area contributed by atoms with Crippen LogP contribution in [-0.2, 0) is 9.47 Å². The van der Waals surface area contributed by atoms with Crippen LogP contribution in [0.2, 0.25) is 10.0 Å². The molecule has 0 spiro atoms. The molecule has 0 aliphatic rings. The highest BCUT2D eigenvalue weighted by molar-refractivity contribution is 6.33. The highest BCUT2D eigenvalue weighted by Gasteiger charge is 2.23. The van der Waals surface area contributed by atoms with Gasteiger partial charge in [-0.25, -0.2) is 0 Å². The predicted molar refractivity (Wildman–Crippen MR) is 68.5 cm³/mol. The first-order valence-electron chi connectivity index (χ1n) is 5.46. The van der Waals surface area contributed by atoms with E-state index in [-0.39, 0.29) is 0 Å². The lowest BCUT2D eigenvalue weighted by atomic mass is 10.1. The summed E-state index contributed by atoms with van der Waals surface area (Å²) in [4.78, 5) is 0. The van der Waals surface area contributed by atoms with E-state index in [2.05, 4.69) is 0 Å². The van der Waals surface area contributed by atoms with E-state index in [1.54, 1.807) is 18.2 Å². The number of halogens is 2. The van der Waals surface area contributed by atoms with Gasteiger partial charge in [-0.15, -0.1) is 0 Å². The van der Waals surface area contributed by atoms with E-state index < -0.39 is 12.4 Å². The molecule has 5 heteroatoms. The van der Waals surface area contributed by atoms with Crippen molar-refractivity contribution in [1.82, 2.24) is 0 Å². The van der Waals surface area contributed by atoms with Crippen molar-refractivity contribution in [3.05, 3.63) is 33.8 Å². The van der Waals surface area contributed by atoms with Gasteiger partial charge in [-0.3, -0.25) is 0 Å². The summed E-state index contributed by atoms with van der Waals surface area (Å²) in [7, 11) is 0. The Morgan fingerprint density at radius 3 is 2.29 bits per heavy atom. The first-order chi connectivity index (χ1) is 8.10. The fraction of sp³-hybridized carbons (Fsp3) is 0.500. The molecule has 0 amide bonds. The molecule has 1 N–H and O–H groups in total. The highest BCUT2D eigenvalue weighted by atomic mass is 35.5. The summed E-state index contributed by atoms with van der Waals surface area (Å²) >= 11 is 11.9. The molecule has 1 aromatic carbocycles. The monoisotopic (exact) mass is 278 g/mol. The van der Waals surface area contributed by atoms with Crippen molar-refractivity contribution in [2.75, 3.05) is 13.2 Å². The lowest BCUT2D eigenvalue weighted by Gasteiger charge is -2.23. The van der Waals surface area contributed by atoms with E-state index in [9.17, 15) is 5.11 Å². The Morgan fingerprint density at radius 2 is 1.76 bits per heavy atom. The minimum atomic E-state index is -0.957. The highest BCUT2D eigenvalue weighted by Crippen LogP contribution is 2.29. The number of ether oxygens (including phenoxy) is 2. The molecule has 1 rings (SSSR count). The Hall–Kier alpha value is -0.320. The average molecular weight is 279 g/mol. The normalized spacial score (nSPS) is 13.1. The molecule has 0 aliphatic heterocycles. The van der Waals surface area contributed by atoms with E-state index in [4.69, 9.17) is 32.7 Å². The van der Waals surface area contributed by atoms with E-state index in [1.807, 2.05) is 13.8 Å². The molecule has 0 aromatic heterocycles. The number of rotatable bonds is 6. The van der Waals surface area contributed by atoms with Crippen molar-refractivity contribution in [3.8, 4) is 0 Å². The summed E-state index contributed by atoms with van der Waals surface area (Å²) in [6, 6.07) is 4.91. The van der Waals surface area contributed by atoms with Gasteiger partial charge in [-0.2, -0.15) is 0 Å². The lowest BCUT2D eigenvalue weighted by molar-refractivity contribution is -0.191. The fourth-order valence-electron chi connectivity index (χ4n) is 1.45. The van der Waals surface area contributed by atoms with Crippen molar-refractivity contribution in [1.29, 1.82) is 0 Å². The predicted octanol–water partition coefficient (Wildman–Crippen LogP) is 3.43. The number of benzene rings is 1. The summed E-state index contributed by atoms with van der Waals surface area (Å²) in [5.74, 6) is 0. The molecular formula is C12H16Cl2O3. The second-order valence-electron chi connectivity index (χ2n) is 3.39. The summed E-state index contributed by atoms with van der Waals surface area (Å²) in [6.07, 6.45) is -1.69. The second kappa shape index (κ2) is 7.19. The van der Waals surface area contributed by atoms with Crippen LogP contribution in [0.1, 0.15) is 25.5 Å². The zero-order chi connectivity index (χ0) is 12.8. The Labute approximate surface area is 111 Å². The minimum Gasteiger partial charge on any atom is -0.383 e. The molecule has 1 aromatic rings.